The Bertz CT molecular complexity index is 418. The van der Waals surface area contributed by atoms with Gasteiger partial charge in [-0.2, -0.15) is 0 Å². The molecule has 0 aliphatic carbocycles. The van der Waals surface area contributed by atoms with Crippen molar-refractivity contribution in [3.05, 3.63) is 35.9 Å². The van der Waals surface area contributed by atoms with Gasteiger partial charge < -0.3 is 5.11 Å². The Morgan fingerprint density at radius 1 is 1.37 bits per heavy atom. The first-order valence-electron chi connectivity index (χ1n) is 7.14. The van der Waals surface area contributed by atoms with Crippen molar-refractivity contribution < 1.29 is 9.90 Å². The van der Waals surface area contributed by atoms with Crippen LogP contribution in [0, 0.1) is 11.8 Å². The molecule has 0 spiro atoms. The minimum Gasteiger partial charge on any atom is -0.481 e. The monoisotopic (exact) mass is 261 g/mol. The number of benzene rings is 1. The maximum absolute atomic E-state index is 11.5. The average molecular weight is 261 g/mol. The molecular weight excluding hydrogens is 238 g/mol. The fourth-order valence-electron chi connectivity index (χ4n) is 3.26. The summed E-state index contributed by atoms with van der Waals surface area (Å²) in [6.45, 7) is 6.02. The van der Waals surface area contributed by atoms with Gasteiger partial charge in [0.15, 0.2) is 0 Å². The largest absolute Gasteiger partial charge is 0.481 e. The van der Waals surface area contributed by atoms with Gasteiger partial charge in [-0.15, -0.1) is 0 Å². The number of likely N-dealkylation sites (tertiary alicyclic amines) is 1. The van der Waals surface area contributed by atoms with Crippen LogP contribution in [0.25, 0.3) is 0 Å². The molecule has 0 amide bonds. The van der Waals surface area contributed by atoms with E-state index in [9.17, 15) is 9.90 Å². The Balaban J connectivity index is 2.14. The van der Waals surface area contributed by atoms with Crippen LogP contribution in [0.2, 0.25) is 0 Å². The molecule has 0 saturated carbocycles. The third-order valence-electron chi connectivity index (χ3n) is 4.30. The molecule has 1 N–H and O–H groups in total. The van der Waals surface area contributed by atoms with Crippen molar-refractivity contribution in [2.75, 3.05) is 6.54 Å². The smallest absolute Gasteiger partial charge is 0.308 e. The SMILES string of the molecule is CCC1C(C(=O)O)C(C)CCN1Cc1ccccc1. The lowest BCUT2D eigenvalue weighted by atomic mass is 9.79. The van der Waals surface area contributed by atoms with Gasteiger partial charge in [0.25, 0.3) is 0 Å². The van der Waals surface area contributed by atoms with E-state index in [0.717, 1.165) is 25.9 Å². The van der Waals surface area contributed by atoms with Crippen LogP contribution >= 0.6 is 0 Å². The zero-order valence-corrected chi connectivity index (χ0v) is 11.7. The molecule has 3 unspecified atom stereocenters. The highest BCUT2D eigenvalue weighted by Gasteiger charge is 2.39. The Morgan fingerprint density at radius 2 is 2.05 bits per heavy atom. The van der Waals surface area contributed by atoms with Gasteiger partial charge in [-0.25, -0.2) is 0 Å². The number of piperidine rings is 1. The summed E-state index contributed by atoms with van der Waals surface area (Å²) in [6.07, 6.45) is 1.87. The average Bonchev–Trinajstić information content (AvgIpc) is 2.41. The number of hydrogen-bond acceptors (Lipinski definition) is 2. The Hall–Kier alpha value is -1.35. The molecule has 1 heterocycles. The second-order valence-corrected chi connectivity index (χ2v) is 5.56. The van der Waals surface area contributed by atoms with Crippen molar-refractivity contribution in [3.63, 3.8) is 0 Å². The standard InChI is InChI=1S/C16H23NO2/c1-3-14-15(16(18)19)12(2)9-10-17(14)11-13-7-5-4-6-8-13/h4-8,12,14-15H,3,9-11H2,1-2H3,(H,18,19). The Kier molecular flexibility index (Phi) is 4.59. The van der Waals surface area contributed by atoms with Gasteiger partial charge in [-0.1, -0.05) is 44.2 Å². The van der Waals surface area contributed by atoms with E-state index in [0.29, 0.717) is 0 Å². The predicted molar refractivity (Wildman–Crippen MR) is 75.8 cm³/mol. The van der Waals surface area contributed by atoms with Gasteiger partial charge in [0, 0.05) is 12.6 Å². The van der Waals surface area contributed by atoms with Crippen LogP contribution in [0.5, 0.6) is 0 Å². The second kappa shape index (κ2) is 6.20. The number of carboxylic acids is 1. The lowest BCUT2D eigenvalue weighted by Crippen LogP contribution is -2.50. The fraction of sp³-hybridized carbons (Fsp3) is 0.562. The molecule has 19 heavy (non-hydrogen) atoms. The zero-order valence-electron chi connectivity index (χ0n) is 11.7. The predicted octanol–water partition coefficient (Wildman–Crippen LogP) is 3.01. The third kappa shape index (κ3) is 3.16. The minimum absolute atomic E-state index is 0.154. The Labute approximate surface area is 115 Å². The van der Waals surface area contributed by atoms with Crippen LogP contribution < -0.4 is 0 Å². The lowest BCUT2D eigenvalue weighted by molar-refractivity contribution is -0.149. The maximum Gasteiger partial charge on any atom is 0.308 e. The van der Waals surface area contributed by atoms with Crippen LogP contribution in [0.15, 0.2) is 30.3 Å². The number of rotatable bonds is 4. The summed E-state index contributed by atoms with van der Waals surface area (Å²) >= 11 is 0. The minimum atomic E-state index is -0.642. The van der Waals surface area contributed by atoms with E-state index in [1.165, 1.54) is 5.56 Å². The number of carbonyl (C=O) groups is 1. The highest BCUT2D eigenvalue weighted by molar-refractivity contribution is 5.71. The summed E-state index contributed by atoms with van der Waals surface area (Å²) in [4.78, 5) is 13.8. The van der Waals surface area contributed by atoms with E-state index < -0.39 is 5.97 Å². The van der Waals surface area contributed by atoms with Gasteiger partial charge in [0.2, 0.25) is 0 Å². The molecule has 2 rings (SSSR count). The highest BCUT2D eigenvalue weighted by atomic mass is 16.4. The van der Waals surface area contributed by atoms with Gasteiger partial charge in [-0.3, -0.25) is 9.69 Å². The third-order valence-corrected chi connectivity index (χ3v) is 4.30. The molecule has 0 radical (unpaired) electrons. The molecule has 1 fully saturated rings. The van der Waals surface area contributed by atoms with Gasteiger partial charge in [-0.05, 0) is 30.9 Å². The quantitative estimate of drug-likeness (QED) is 0.905. The molecule has 3 atom stereocenters. The van der Waals surface area contributed by atoms with Crippen molar-refractivity contribution in [2.24, 2.45) is 11.8 Å². The molecule has 3 nitrogen and oxygen atoms in total. The van der Waals surface area contributed by atoms with E-state index >= 15 is 0 Å². The molecular formula is C16H23NO2. The number of aliphatic carboxylic acids is 1. The van der Waals surface area contributed by atoms with Crippen molar-refractivity contribution in [2.45, 2.75) is 39.3 Å². The van der Waals surface area contributed by atoms with Crippen LogP contribution in [0.3, 0.4) is 0 Å². The fourth-order valence-corrected chi connectivity index (χ4v) is 3.26. The second-order valence-electron chi connectivity index (χ2n) is 5.56. The zero-order chi connectivity index (χ0) is 13.8. The first-order valence-corrected chi connectivity index (χ1v) is 7.14. The van der Waals surface area contributed by atoms with E-state index in [4.69, 9.17) is 0 Å². The first kappa shape index (κ1) is 14.1. The van der Waals surface area contributed by atoms with Crippen molar-refractivity contribution in [3.8, 4) is 0 Å². The van der Waals surface area contributed by atoms with Crippen LogP contribution in [0.1, 0.15) is 32.3 Å². The highest BCUT2D eigenvalue weighted by Crippen LogP contribution is 2.32. The summed E-state index contributed by atoms with van der Waals surface area (Å²) < 4.78 is 0. The number of nitrogens with zero attached hydrogens (tertiary/aromatic N) is 1. The molecule has 0 aromatic heterocycles. The summed E-state index contributed by atoms with van der Waals surface area (Å²) in [5, 5.41) is 9.47. The van der Waals surface area contributed by atoms with E-state index in [-0.39, 0.29) is 17.9 Å². The van der Waals surface area contributed by atoms with E-state index in [2.05, 4.69) is 30.9 Å². The molecule has 1 aliphatic heterocycles. The summed E-state index contributed by atoms with van der Waals surface area (Å²) in [6, 6.07) is 10.5. The van der Waals surface area contributed by atoms with Crippen LogP contribution in [-0.2, 0) is 11.3 Å². The van der Waals surface area contributed by atoms with Crippen molar-refractivity contribution in [1.82, 2.24) is 4.90 Å². The van der Waals surface area contributed by atoms with Gasteiger partial charge in [0.1, 0.15) is 0 Å². The topological polar surface area (TPSA) is 40.5 Å². The van der Waals surface area contributed by atoms with E-state index in [1.807, 2.05) is 18.2 Å². The summed E-state index contributed by atoms with van der Waals surface area (Å²) in [7, 11) is 0. The van der Waals surface area contributed by atoms with Gasteiger partial charge >= 0.3 is 5.97 Å². The van der Waals surface area contributed by atoms with Crippen molar-refractivity contribution >= 4 is 5.97 Å². The lowest BCUT2D eigenvalue weighted by Gasteiger charge is -2.42. The number of hydrogen-bond donors (Lipinski definition) is 1. The summed E-state index contributed by atoms with van der Waals surface area (Å²) in [5.74, 6) is -0.603. The normalized spacial score (nSPS) is 28.2. The molecule has 104 valence electrons. The Morgan fingerprint density at radius 3 is 2.63 bits per heavy atom. The van der Waals surface area contributed by atoms with Crippen molar-refractivity contribution in [1.29, 1.82) is 0 Å². The molecule has 1 aliphatic rings. The van der Waals surface area contributed by atoms with Crippen LogP contribution in [-0.4, -0.2) is 28.6 Å². The summed E-state index contributed by atoms with van der Waals surface area (Å²) in [5.41, 5.74) is 1.26. The van der Waals surface area contributed by atoms with E-state index in [1.54, 1.807) is 0 Å². The first-order chi connectivity index (χ1) is 9.13. The van der Waals surface area contributed by atoms with Crippen LogP contribution in [0.4, 0.5) is 0 Å². The molecule has 1 aromatic carbocycles. The van der Waals surface area contributed by atoms with Gasteiger partial charge in [0.05, 0.1) is 5.92 Å². The number of carboxylic acid groups (broad SMARTS) is 1. The maximum atomic E-state index is 11.5. The molecule has 1 saturated heterocycles. The molecule has 1 aromatic rings. The molecule has 0 bridgehead atoms. The molecule has 3 heteroatoms.